The van der Waals surface area contributed by atoms with E-state index in [0.717, 1.165) is 11.1 Å². The third-order valence-electron chi connectivity index (χ3n) is 3.38. The number of nitrogens with one attached hydrogen (secondary N) is 1. The molecule has 1 amide bonds. The Hall–Kier alpha value is -2.20. The third-order valence-corrected chi connectivity index (χ3v) is 3.38. The summed E-state index contributed by atoms with van der Waals surface area (Å²) in [6.07, 6.45) is 0. The number of quaternary nitrogens is 1. The number of benzene rings is 2. The quantitative estimate of drug-likeness (QED) is 0.871. The number of carbonyl (C=O) groups is 1. The van der Waals surface area contributed by atoms with E-state index in [1.807, 2.05) is 49.5 Å². The molecule has 0 saturated heterocycles. The van der Waals surface area contributed by atoms with Crippen molar-refractivity contribution >= 4 is 11.6 Å². The van der Waals surface area contributed by atoms with E-state index in [0.29, 0.717) is 0 Å². The minimum absolute atomic E-state index is 0.180. The monoisotopic (exact) mass is 287 g/mol. The Labute approximate surface area is 124 Å². The molecule has 0 fully saturated rings. The molecule has 4 heteroatoms. The highest BCUT2D eigenvalue weighted by Gasteiger charge is 2.12. The lowest BCUT2D eigenvalue weighted by molar-refractivity contribution is -0.682. The molecular formula is C17H20FN2O+. The molecule has 3 N–H and O–H groups in total. The lowest BCUT2D eigenvalue weighted by atomic mass is 10.1. The normalized spacial score (nSPS) is 12.0. The van der Waals surface area contributed by atoms with Gasteiger partial charge in [-0.2, -0.15) is 0 Å². The van der Waals surface area contributed by atoms with Gasteiger partial charge in [-0.15, -0.1) is 0 Å². The second kappa shape index (κ2) is 6.99. The van der Waals surface area contributed by atoms with Crippen LogP contribution in [0.2, 0.25) is 0 Å². The topological polar surface area (TPSA) is 45.7 Å². The summed E-state index contributed by atoms with van der Waals surface area (Å²) in [7, 11) is 0. The molecule has 1 atom stereocenters. The zero-order valence-corrected chi connectivity index (χ0v) is 12.3. The van der Waals surface area contributed by atoms with Crippen molar-refractivity contribution in [2.45, 2.75) is 19.9 Å². The van der Waals surface area contributed by atoms with Crippen molar-refractivity contribution in [3.63, 3.8) is 0 Å². The van der Waals surface area contributed by atoms with E-state index in [9.17, 15) is 9.18 Å². The average molecular weight is 287 g/mol. The Morgan fingerprint density at radius 1 is 1.24 bits per heavy atom. The van der Waals surface area contributed by atoms with Crippen LogP contribution in [0.15, 0.2) is 48.5 Å². The van der Waals surface area contributed by atoms with Gasteiger partial charge < -0.3 is 10.6 Å². The standard InChI is InChI=1S/C17H19FN2O/c1-12-8-9-16(15(18)10-12)20-17(21)11-19-13(2)14-6-4-3-5-7-14/h3-10,13,19H,11H2,1-2H3,(H,20,21)/p+1/t13-/m0/s1. The second-order valence-electron chi connectivity index (χ2n) is 5.17. The highest BCUT2D eigenvalue weighted by molar-refractivity contribution is 5.91. The molecule has 0 aliphatic carbocycles. The molecule has 0 aliphatic rings. The predicted molar refractivity (Wildman–Crippen MR) is 81.4 cm³/mol. The predicted octanol–water partition coefficient (Wildman–Crippen LogP) is 2.40. The van der Waals surface area contributed by atoms with Crippen LogP contribution in [0.3, 0.4) is 0 Å². The number of amides is 1. The summed E-state index contributed by atoms with van der Waals surface area (Å²) in [5, 5.41) is 4.53. The maximum Gasteiger partial charge on any atom is 0.279 e. The molecule has 110 valence electrons. The first-order valence-electron chi connectivity index (χ1n) is 7.00. The first kappa shape index (κ1) is 15.2. The molecule has 0 radical (unpaired) electrons. The van der Waals surface area contributed by atoms with Gasteiger partial charge in [0.15, 0.2) is 6.54 Å². The van der Waals surface area contributed by atoms with E-state index >= 15 is 0 Å². The molecule has 0 saturated carbocycles. The number of rotatable bonds is 5. The fourth-order valence-electron chi connectivity index (χ4n) is 2.10. The SMILES string of the molecule is Cc1ccc(NC(=O)C[NH2+][C@@H](C)c2ccccc2)c(F)c1. The maximum atomic E-state index is 13.6. The van der Waals surface area contributed by atoms with Gasteiger partial charge in [0, 0.05) is 5.56 Å². The van der Waals surface area contributed by atoms with Crippen LogP contribution in [0.5, 0.6) is 0 Å². The van der Waals surface area contributed by atoms with Gasteiger partial charge in [-0.3, -0.25) is 4.79 Å². The van der Waals surface area contributed by atoms with Crippen LogP contribution in [-0.2, 0) is 4.79 Å². The van der Waals surface area contributed by atoms with Gasteiger partial charge in [0.2, 0.25) is 0 Å². The number of hydrogen-bond donors (Lipinski definition) is 2. The summed E-state index contributed by atoms with van der Waals surface area (Å²) < 4.78 is 13.6. The molecule has 2 aromatic rings. The van der Waals surface area contributed by atoms with E-state index in [2.05, 4.69) is 5.32 Å². The number of aryl methyl sites for hydroxylation is 1. The zero-order valence-electron chi connectivity index (χ0n) is 12.3. The summed E-state index contributed by atoms with van der Waals surface area (Å²) in [5.41, 5.74) is 2.22. The van der Waals surface area contributed by atoms with Gasteiger partial charge in [-0.25, -0.2) is 4.39 Å². The van der Waals surface area contributed by atoms with Gasteiger partial charge in [-0.05, 0) is 31.5 Å². The fourth-order valence-corrected chi connectivity index (χ4v) is 2.10. The summed E-state index contributed by atoms with van der Waals surface area (Å²) in [6, 6.07) is 14.9. The minimum atomic E-state index is -0.403. The molecule has 21 heavy (non-hydrogen) atoms. The van der Waals surface area contributed by atoms with E-state index in [4.69, 9.17) is 0 Å². The second-order valence-corrected chi connectivity index (χ2v) is 5.17. The van der Waals surface area contributed by atoms with Gasteiger partial charge >= 0.3 is 0 Å². The molecule has 0 aliphatic heterocycles. The van der Waals surface area contributed by atoms with Crippen molar-refractivity contribution in [2.75, 3.05) is 11.9 Å². The first-order chi connectivity index (χ1) is 10.1. The summed E-state index contributed by atoms with van der Waals surface area (Å²) in [4.78, 5) is 11.9. The Kier molecular flexibility index (Phi) is 5.06. The molecule has 0 bridgehead atoms. The third kappa shape index (κ3) is 4.39. The van der Waals surface area contributed by atoms with Crippen LogP contribution in [0.1, 0.15) is 24.1 Å². The highest BCUT2D eigenvalue weighted by Crippen LogP contribution is 2.14. The van der Waals surface area contributed by atoms with Crippen LogP contribution in [-0.4, -0.2) is 12.5 Å². The Morgan fingerprint density at radius 3 is 2.62 bits per heavy atom. The largest absolute Gasteiger partial charge is 0.333 e. The Bertz CT molecular complexity index is 613. The van der Waals surface area contributed by atoms with Gasteiger partial charge in [0.25, 0.3) is 5.91 Å². The highest BCUT2D eigenvalue weighted by atomic mass is 19.1. The molecule has 3 nitrogen and oxygen atoms in total. The molecule has 0 unspecified atom stereocenters. The van der Waals surface area contributed by atoms with E-state index in [-0.39, 0.29) is 24.2 Å². The lowest BCUT2D eigenvalue weighted by Crippen LogP contribution is -2.86. The molecule has 0 heterocycles. The van der Waals surface area contributed by atoms with Gasteiger partial charge in [0.1, 0.15) is 11.9 Å². The van der Waals surface area contributed by atoms with Crippen molar-refractivity contribution in [3.8, 4) is 0 Å². The van der Waals surface area contributed by atoms with Crippen LogP contribution in [0.4, 0.5) is 10.1 Å². The number of carbonyl (C=O) groups excluding carboxylic acids is 1. The van der Waals surface area contributed by atoms with Crippen molar-refractivity contribution in [3.05, 3.63) is 65.5 Å². The first-order valence-corrected chi connectivity index (χ1v) is 7.00. The molecule has 0 aromatic heterocycles. The number of anilines is 1. The number of halogens is 1. The van der Waals surface area contributed by atoms with E-state index in [1.165, 1.54) is 6.07 Å². The molecule has 0 spiro atoms. The number of nitrogens with two attached hydrogens (primary N) is 1. The summed E-state index contributed by atoms with van der Waals surface area (Å²) >= 11 is 0. The maximum absolute atomic E-state index is 13.6. The summed E-state index contributed by atoms with van der Waals surface area (Å²) in [5.74, 6) is -0.611. The zero-order chi connectivity index (χ0) is 15.2. The van der Waals surface area contributed by atoms with Crippen LogP contribution >= 0.6 is 0 Å². The smallest absolute Gasteiger partial charge is 0.279 e. The minimum Gasteiger partial charge on any atom is -0.333 e. The van der Waals surface area contributed by atoms with Crippen molar-refractivity contribution < 1.29 is 14.5 Å². The van der Waals surface area contributed by atoms with E-state index in [1.54, 1.807) is 12.1 Å². The number of hydrogen-bond acceptors (Lipinski definition) is 1. The van der Waals surface area contributed by atoms with Crippen molar-refractivity contribution in [2.24, 2.45) is 0 Å². The van der Waals surface area contributed by atoms with Gasteiger partial charge in [-0.1, -0.05) is 36.4 Å². The average Bonchev–Trinajstić information content (AvgIpc) is 2.48. The van der Waals surface area contributed by atoms with Crippen molar-refractivity contribution in [1.82, 2.24) is 0 Å². The Morgan fingerprint density at radius 2 is 1.95 bits per heavy atom. The Balaban J connectivity index is 1.87. The van der Waals surface area contributed by atoms with E-state index < -0.39 is 5.82 Å². The van der Waals surface area contributed by atoms with Crippen LogP contribution in [0.25, 0.3) is 0 Å². The van der Waals surface area contributed by atoms with Crippen LogP contribution < -0.4 is 10.6 Å². The van der Waals surface area contributed by atoms with Crippen LogP contribution in [0, 0.1) is 12.7 Å². The molecular weight excluding hydrogens is 267 g/mol. The lowest BCUT2D eigenvalue weighted by Gasteiger charge is -2.11. The summed E-state index contributed by atoms with van der Waals surface area (Å²) in [6.45, 7) is 4.10. The van der Waals surface area contributed by atoms with Gasteiger partial charge in [0.05, 0.1) is 5.69 Å². The molecule has 2 rings (SSSR count). The molecule has 2 aromatic carbocycles. The fraction of sp³-hybridized carbons (Fsp3) is 0.235. The van der Waals surface area contributed by atoms with Crippen molar-refractivity contribution in [1.29, 1.82) is 0 Å².